The number of rotatable bonds is 5. The van der Waals surface area contributed by atoms with Gasteiger partial charge in [0.15, 0.2) is 11.7 Å². The first kappa shape index (κ1) is 13.8. The highest BCUT2D eigenvalue weighted by atomic mass is 16.6. The van der Waals surface area contributed by atoms with Crippen LogP contribution in [-0.2, 0) is 9.53 Å². The van der Waals surface area contributed by atoms with Crippen LogP contribution in [0.5, 0.6) is 0 Å². The lowest BCUT2D eigenvalue weighted by Gasteiger charge is -2.03. The fourth-order valence-electron chi connectivity index (χ4n) is 1.16. The second kappa shape index (κ2) is 6.43. The third-order valence-electron chi connectivity index (χ3n) is 2.04. The summed E-state index contributed by atoms with van der Waals surface area (Å²) in [5, 5.41) is 18.1. The van der Waals surface area contributed by atoms with Crippen molar-refractivity contribution in [3.63, 3.8) is 0 Å². The lowest BCUT2D eigenvalue weighted by atomic mass is 10.3. The molecule has 7 nitrogen and oxygen atoms in total. The quantitative estimate of drug-likeness (QED) is 0.348. The Bertz CT molecular complexity index is 473. The molecule has 96 valence electrons. The molecule has 0 aliphatic carbocycles. The molecular weight excluding hydrogens is 238 g/mol. The number of nitro benzene ring substituents is 1. The predicted molar refractivity (Wildman–Crippen MR) is 63.7 cm³/mol. The summed E-state index contributed by atoms with van der Waals surface area (Å²) in [6, 6.07) is 5.13. The highest BCUT2D eigenvalue weighted by Gasteiger charge is 2.15. The fraction of sp³-hybridized carbons (Fsp3) is 0.364. The molecule has 0 radical (unpaired) electrons. The van der Waals surface area contributed by atoms with E-state index in [2.05, 4.69) is 10.2 Å². The SMILES string of the molecule is CCOC(=O)C(C)N=Nc1ccccc1[N+](=O)[O-]. The molecule has 0 aliphatic heterocycles. The topological polar surface area (TPSA) is 94.2 Å². The van der Waals surface area contributed by atoms with Crippen LogP contribution in [0.1, 0.15) is 13.8 Å². The van der Waals surface area contributed by atoms with Crippen molar-refractivity contribution in [3.05, 3.63) is 34.4 Å². The maximum Gasteiger partial charge on any atom is 0.332 e. The summed E-state index contributed by atoms with van der Waals surface area (Å²) in [5.74, 6) is -0.514. The molecule has 0 heterocycles. The molecule has 18 heavy (non-hydrogen) atoms. The van der Waals surface area contributed by atoms with E-state index >= 15 is 0 Å². The molecule has 1 rings (SSSR count). The van der Waals surface area contributed by atoms with E-state index in [9.17, 15) is 14.9 Å². The van der Waals surface area contributed by atoms with Crippen molar-refractivity contribution in [1.82, 2.24) is 0 Å². The minimum absolute atomic E-state index is 0.110. The van der Waals surface area contributed by atoms with Crippen LogP contribution in [0, 0.1) is 10.1 Å². The van der Waals surface area contributed by atoms with Crippen molar-refractivity contribution in [2.24, 2.45) is 10.2 Å². The van der Waals surface area contributed by atoms with Crippen LogP contribution < -0.4 is 0 Å². The predicted octanol–water partition coefficient (Wildman–Crippen LogP) is 2.63. The summed E-state index contributed by atoms with van der Waals surface area (Å²) in [7, 11) is 0. The number of hydrogen-bond donors (Lipinski definition) is 0. The normalized spacial score (nSPS) is 12.3. The average Bonchev–Trinajstić information content (AvgIpc) is 2.36. The van der Waals surface area contributed by atoms with Crippen LogP contribution in [0.2, 0.25) is 0 Å². The van der Waals surface area contributed by atoms with Crippen LogP contribution in [0.4, 0.5) is 11.4 Å². The average molecular weight is 251 g/mol. The second-order valence-corrected chi connectivity index (χ2v) is 3.39. The molecule has 1 aromatic rings. The number of para-hydroxylation sites is 1. The van der Waals surface area contributed by atoms with Gasteiger partial charge in [0.05, 0.1) is 11.5 Å². The standard InChI is InChI=1S/C11H13N3O4/c1-3-18-11(15)8(2)12-13-9-6-4-5-7-10(9)14(16)17/h4-8H,3H2,1-2H3. The smallest absolute Gasteiger partial charge is 0.332 e. The summed E-state index contributed by atoms with van der Waals surface area (Å²) in [5.41, 5.74) is -0.0454. The lowest BCUT2D eigenvalue weighted by molar-refractivity contribution is -0.384. The van der Waals surface area contributed by atoms with Crippen LogP contribution in [0.3, 0.4) is 0 Å². The number of azo groups is 1. The molecule has 0 N–H and O–H groups in total. The third-order valence-corrected chi connectivity index (χ3v) is 2.04. The first-order valence-electron chi connectivity index (χ1n) is 5.37. The van der Waals surface area contributed by atoms with E-state index in [1.807, 2.05) is 0 Å². The molecule has 0 aliphatic rings. The Balaban J connectivity index is 2.84. The zero-order valence-electron chi connectivity index (χ0n) is 10.1. The first-order chi connectivity index (χ1) is 8.56. The number of esters is 1. The van der Waals surface area contributed by atoms with Gasteiger partial charge in [0.2, 0.25) is 0 Å². The number of ether oxygens (including phenoxy) is 1. The molecule has 0 spiro atoms. The van der Waals surface area contributed by atoms with Gasteiger partial charge in [-0.05, 0) is 19.9 Å². The van der Waals surface area contributed by atoms with Gasteiger partial charge in [-0.2, -0.15) is 5.11 Å². The Morgan fingerprint density at radius 2 is 2.17 bits per heavy atom. The number of nitro groups is 1. The number of carbonyl (C=O) groups excluding carboxylic acids is 1. The van der Waals surface area contributed by atoms with E-state index in [0.29, 0.717) is 0 Å². The Morgan fingerprint density at radius 1 is 1.50 bits per heavy atom. The van der Waals surface area contributed by atoms with Gasteiger partial charge in [-0.25, -0.2) is 4.79 Å². The summed E-state index contributed by atoms with van der Waals surface area (Å²) in [6.45, 7) is 3.45. The number of hydrogen-bond acceptors (Lipinski definition) is 6. The number of benzene rings is 1. The highest BCUT2D eigenvalue weighted by molar-refractivity contribution is 5.75. The first-order valence-corrected chi connectivity index (χ1v) is 5.37. The van der Waals surface area contributed by atoms with Gasteiger partial charge in [-0.3, -0.25) is 10.1 Å². The van der Waals surface area contributed by atoms with Crippen molar-refractivity contribution in [2.75, 3.05) is 6.61 Å². The van der Waals surface area contributed by atoms with E-state index < -0.39 is 16.9 Å². The highest BCUT2D eigenvalue weighted by Crippen LogP contribution is 2.26. The summed E-state index contributed by atoms with van der Waals surface area (Å²) in [6.07, 6.45) is 0. The van der Waals surface area contributed by atoms with Crippen LogP contribution >= 0.6 is 0 Å². The Kier molecular flexibility index (Phi) is 4.91. The molecule has 0 amide bonds. The molecule has 0 aromatic heterocycles. The number of nitrogens with zero attached hydrogens (tertiary/aromatic N) is 3. The molecule has 0 saturated heterocycles. The van der Waals surface area contributed by atoms with E-state index in [1.165, 1.54) is 25.1 Å². The van der Waals surface area contributed by atoms with Crippen molar-refractivity contribution in [1.29, 1.82) is 0 Å². The molecule has 0 bridgehead atoms. The van der Waals surface area contributed by atoms with Crippen molar-refractivity contribution in [2.45, 2.75) is 19.9 Å². The maximum atomic E-state index is 11.3. The van der Waals surface area contributed by atoms with Gasteiger partial charge in [-0.15, -0.1) is 5.11 Å². The van der Waals surface area contributed by atoms with Crippen molar-refractivity contribution < 1.29 is 14.5 Å². The van der Waals surface area contributed by atoms with Gasteiger partial charge in [0.25, 0.3) is 5.69 Å². The molecule has 7 heteroatoms. The summed E-state index contributed by atoms with van der Waals surface area (Å²) >= 11 is 0. The zero-order chi connectivity index (χ0) is 13.5. The van der Waals surface area contributed by atoms with E-state index in [4.69, 9.17) is 4.74 Å². The molecular formula is C11H13N3O4. The second-order valence-electron chi connectivity index (χ2n) is 3.39. The zero-order valence-corrected chi connectivity index (χ0v) is 10.1. The molecule has 1 aromatic carbocycles. The van der Waals surface area contributed by atoms with E-state index in [-0.39, 0.29) is 18.0 Å². The number of carbonyl (C=O) groups is 1. The van der Waals surface area contributed by atoms with Crippen molar-refractivity contribution in [3.8, 4) is 0 Å². The minimum atomic E-state index is -0.787. The van der Waals surface area contributed by atoms with Crippen LogP contribution in [0.25, 0.3) is 0 Å². The molecule has 1 atom stereocenters. The summed E-state index contributed by atoms with van der Waals surface area (Å²) in [4.78, 5) is 21.4. The van der Waals surface area contributed by atoms with E-state index in [1.54, 1.807) is 13.0 Å². The van der Waals surface area contributed by atoms with Gasteiger partial charge in [0.1, 0.15) is 0 Å². The van der Waals surface area contributed by atoms with Crippen LogP contribution in [-0.4, -0.2) is 23.5 Å². The lowest BCUT2D eigenvalue weighted by Crippen LogP contribution is -2.17. The van der Waals surface area contributed by atoms with Crippen molar-refractivity contribution >= 4 is 17.3 Å². The van der Waals surface area contributed by atoms with Gasteiger partial charge in [-0.1, -0.05) is 12.1 Å². The Morgan fingerprint density at radius 3 is 2.78 bits per heavy atom. The molecule has 0 saturated carbocycles. The maximum absolute atomic E-state index is 11.3. The molecule has 0 fully saturated rings. The third kappa shape index (κ3) is 3.62. The van der Waals surface area contributed by atoms with Crippen LogP contribution in [0.15, 0.2) is 34.5 Å². The summed E-state index contributed by atoms with van der Waals surface area (Å²) < 4.78 is 4.74. The minimum Gasteiger partial charge on any atom is -0.464 e. The fourth-order valence-corrected chi connectivity index (χ4v) is 1.16. The van der Waals surface area contributed by atoms with Gasteiger partial charge in [0, 0.05) is 6.07 Å². The molecule has 1 unspecified atom stereocenters. The van der Waals surface area contributed by atoms with Gasteiger partial charge >= 0.3 is 5.97 Å². The Hall–Kier alpha value is -2.31. The van der Waals surface area contributed by atoms with Gasteiger partial charge < -0.3 is 4.74 Å². The van der Waals surface area contributed by atoms with E-state index in [0.717, 1.165) is 0 Å². The largest absolute Gasteiger partial charge is 0.464 e. The Labute approximate surface area is 104 Å². The monoisotopic (exact) mass is 251 g/mol.